The van der Waals surface area contributed by atoms with Gasteiger partial charge < -0.3 is 32.5 Å². The van der Waals surface area contributed by atoms with Crippen LogP contribution in [0.15, 0.2) is 0 Å². The lowest BCUT2D eigenvalue weighted by Gasteiger charge is -2.25. The van der Waals surface area contributed by atoms with Crippen molar-refractivity contribution >= 4 is 54.0 Å². The van der Waals surface area contributed by atoms with Crippen LogP contribution in [0.4, 0.5) is 0 Å². The molecule has 4 unspecified atom stereocenters. The van der Waals surface area contributed by atoms with Gasteiger partial charge in [-0.15, -0.1) is 0 Å². The average molecular weight is 494 g/mol. The van der Waals surface area contributed by atoms with Gasteiger partial charge in [0, 0.05) is 12.2 Å². The quantitative estimate of drug-likeness (QED) is 0.131. The van der Waals surface area contributed by atoms with E-state index in [1.54, 1.807) is 0 Å². The molecule has 32 heavy (non-hydrogen) atoms. The molecule has 184 valence electrons. The Morgan fingerprint density at radius 2 is 1.44 bits per heavy atom. The first-order chi connectivity index (χ1) is 14.9. The molecule has 13 heteroatoms. The van der Waals surface area contributed by atoms with Crippen LogP contribution in [0.3, 0.4) is 0 Å². The second kappa shape index (κ2) is 15.8. The first-order valence-electron chi connectivity index (χ1n) is 10.2. The van der Waals surface area contributed by atoms with Crippen molar-refractivity contribution in [2.75, 3.05) is 17.8 Å². The molecule has 0 fully saturated rings. The molecule has 0 saturated carbocycles. The molecule has 0 bridgehead atoms. The minimum Gasteiger partial charge on any atom is -0.480 e. The third-order valence-corrected chi connectivity index (χ3v) is 5.42. The number of carboxylic acid groups (broad SMARTS) is 1. The van der Waals surface area contributed by atoms with Gasteiger partial charge in [0.2, 0.25) is 23.6 Å². The normalized spacial score (nSPS) is 14.7. The Labute approximate surface area is 198 Å². The summed E-state index contributed by atoms with van der Waals surface area (Å²) in [7, 11) is 0. The summed E-state index contributed by atoms with van der Waals surface area (Å²) in [6, 6.07) is -4.26. The van der Waals surface area contributed by atoms with E-state index in [1.807, 2.05) is 20.1 Å². The number of nitrogens with one attached hydrogen (secondary N) is 3. The van der Waals surface area contributed by atoms with Crippen molar-refractivity contribution in [3.8, 4) is 0 Å². The van der Waals surface area contributed by atoms with Gasteiger partial charge >= 0.3 is 5.97 Å². The van der Waals surface area contributed by atoms with Gasteiger partial charge in [-0.25, -0.2) is 4.79 Å². The van der Waals surface area contributed by atoms with Crippen LogP contribution in [-0.4, -0.2) is 76.6 Å². The SMILES string of the molecule is CSCCC(NC(=O)C(CCC(N)=O)NC(=O)C(N)CC(C)C)C(=O)NC(CS)C(=O)O. The van der Waals surface area contributed by atoms with Gasteiger partial charge in [0.25, 0.3) is 0 Å². The molecule has 4 amide bonds. The predicted octanol–water partition coefficient (Wildman–Crippen LogP) is -1.15. The van der Waals surface area contributed by atoms with Gasteiger partial charge in [-0.05, 0) is 37.2 Å². The monoisotopic (exact) mass is 493 g/mol. The Balaban J connectivity index is 5.42. The third kappa shape index (κ3) is 12.2. The topological polar surface area (TPSA) is 194 Å². The zero-order valence-electron chi connectivity index (χ0n) is 18.6. The molecule has 0 rings (SSSR count). The standard InChI is InChI=1S/C19H35N5O6S2/c1-10(2)8-11(20)16(26)22-12(4-5-15(21)25)17(27)23-13(6-7-32-3)18(28)24-14(9-31)19(29)30/h10-14,31H,4-9,20H2,1-3H3,(H2,21,25)(H,22,26)(H,23,27)(H,24,28)(H,29,30). The Morgan fingerprint density at radius 1 is 0.938 bits per heavy atom. The fourth-order valence-corrected chi connectivity index (χ4v) is 3.40. The van der Waals surface area contributed by atoms with Crippen molar-refractivity contribution in [3.05, 3.63) is 0 Å². The average Bonchev–Trinajstić information content (AvgIpc) is 2.70. The van der Waals surface area contributed by atoms with Gasteiger partial charge in [0.15, 0.2) is 0 Å². The van der Waals surface area contributed by atoms with E-state index in [0.29, 0.717) is 12.2 Å². The molecule has 0 aliphatic heterocycles. The van der Waals surface area contributed by atoms with E-state index in [-0.39, 0.29) is 30.9 Å². The van der Waals surface area contributed by atoms with E-state index in [4.69, 9.17) is 16.6 Å². The van der Waals surface area contributed by atoms with Crippen LogP contribution in [0.5, 0.6) is 0 Å². The second-order valence-corrected chi connectivity index (χ2v) is 9.08. The zero-order chi connectivity index (χ0) is 24.8. The number of carbonyl (C=O) groups excluding carboxylic acids is 4. The molecule has 11 nitrogen and oxygen atoms in total. The second-order valence-electron chi connectivity index (χ2n) is 7.73. The zero-order valence-corrected chi connectivity index (χ0v) is 20.3. The van der Waals surface area contributed by atoms with Crippen LogP contribution >= 0.6 is 24.4 Å². The maximum Gasteiger partial charge on any atom is 0.327 e. The van der Waals surface area contributed by atoms with Gasteiger partial charge in [0.05, 0.1) is 6.04 Å². The van der Waals surface area contributed by atoms with Crippen molar-refractivity contribution in [2.45, 2.75) is 63.7 Å². The van der Waals surface area contributed by atoms with Crippen LogP contribution in [0.2, 0.25) is 0 Å². The molecule has 0 aliphatic rings. The lowest BCUT2D eigenvalue weighted by molar-refractivity contribution is -0.141. The van der Waals surface area contributed by atoms with E-state index in [2.05, 4.69) is 28.6 Å². The van der Waals surface area contributed by atoms with Crippen LogP contribution in [0.25, 0.3) is 0 Å². The first kappa shape index (κ1) is 30.0. The van der Waals surface area contributed by atoms with Crippen molar-refractivity contribution in [2.24, 2.45) is 17.4 Å². The highest BCUT2D eigenvalue weighted by atomic mass is 32.2. The van der Waals surface area contributed by atoms with Crippen molar-refractivity contribution in [3.63, 3.8) is 0 Å². The molecular weight excluding hydrogens is 458 g/mol. The minimum absolute atomic E-state index is 0.0768. The lowest BCUT2D eigenvalue weighted by atomic mass is 10.0. The summed E-state index contributed by atoms with van der Waals surface area (Å²) in [5, 5.41) is 16.5. The van der Waals surface area contributed by atoms with Gasteiger partial charge in [-0.3, -0.25) is 19.2 Å². The first-order valence-corrected chi connectivity index (χ1v) is 12.2. The number of thiol groups is 1. The summed E-state index contributed by atoms with van der Waals surface area (Å²) in [6.07, 6.45) is 2.19. The fourth-order valence-electron chi connectivity index (χ4n) is 2.68. The Bertz CT molecular complexity index is 664. The molecule has 0 aromatic heterocycles. The molecule has 0 heterocycles. The van der Waals surface area contributed by atoms with E-state index >= 15 is 0 Å². The Kier molecular flexibility index (Phi) is 14.8. The van der Waals surface area contributed by atoms with Crippen LogP contribution in [0.1, 0.15) is 39.5 Å². The van der Waals surface area contributed by atoms with Gasteiger partial charge in [0.1, 0.15) is 18.1 Å². The molecule has 0 aromatic rings. The molecule has 0 radical (unpaired) electrons. The summed E-state index contributed by atoms with van der Waals surface area (Å²) < 4.78 is 0. The molecule has 0 aliphatic carbocycles. The number of primary amides is 1. The Hall–Kier alpha value is -1.99. The van der Waals surface area contributed by atoms with Crippen LogP contribution in [0, 0.1) is 5.92 Å². The number of rotatable bonds is 16. The maximum absolute atomic E-state index is 12.9. The number of hydrogen-bond acceptors (Lipinski definition) is 8. The fraction of sp³-hybridized carbons (Fsp3) is 0.737. The maximum atomic E-state index is 12.9. The number of carboxylic acids is 1. The minimum atomic E-state index is -1.26. The molecule has 4 atom stereocenters. The van der Waals surface area contributed by atoms with Crippen molar-refractivity contribution in [1.29, 1.82) is 0 Å². The number of carbonyl (C=O) groups is 5. The summed E-state index contributed by atoms with van der Waals surface area (Å²) in [6.45, 7) is 3.79. The summed E-state index contributed by atoms with van der Waals surface area (Å²) in [5.74, 6) is -3.33. The highest BCUT2D eigenvalue weighted by Gasteiger charge is 2.30. The highest BCUT2D eigenvalue weighted by Crippen LogP contribution is 2.07. The van der Waals surface area contributed by atoms with Crippen LogP contribution in [-0.2, 0) is 24.0 Å². The number of aliphatic carboxylic acids is 1. The smallest absolute Gasteiger partial charge is 0.327 e. The van der Waals surface area contributed by atoms with E-state index in [1.165, 1.54) is 11.8 Å². The molecule has 0 aromatic carbocycles. The molecule has 0 spiro atoms. The molecular formula is C19H35N5O6S2. The number of thioether (sulfide) groups is 1. The van der Waals surface area contributed by atoms with Crippen molar-refractivity contribution in [1.82, 2.24) is 16.0 Å². The summed E-state index contributed by atoms with van der Waals surface area (Å²) in [4.78, 5) is 60.2. The van der Waals surface area contributed by atoms with E-state index < -0.39 is 53.8 Å². The lowest BCUT2D eigenvalue weighted by Crippen LogP contribution is -2.57. The van der Waals surface area contributed by atoms with E-state index in [9.17, 15) is 24.0 Å². The molecule has 0 saturated heterocycles. The van der Waals surface area contributed by atoms with Gasteiger partial charge in [-0.2, -0.15) is 24.4 Å². The number of amides is 4. The largest absolute Gasteiger partial charge is 0.480 e. The number of nitrogens with two attached hydrogens (primary N) is 2. The van der Waals surface area contributed by atoms with E-state index in [0.717, 1.165) is 0 Å². The van der Waals surface area contributed by atoms with Crippen LogP contribution < -0.4 is 27.4 Å². The predicted molar refractivity (Wildman–Crippen MR) is 126 cm³/mol. The third-order valence-electron chi connectivity index (χ3n) is 4.42. The summed E-state index contributed by atoms with van der Waals surface area (Å²) >= 11 is 5.35. The van der Waals surface area contributed by atoms with Crippen molar-refractivity contribution < 1.29 is 29.1 Å². The summed E-state index contributed by atoms with van der Waals surface area (Å²) in [5.41, 5.74) is 11.0. The molecule has 8 N–H and O–H groups in total. The van der Waals surface area contributed by atoms with Gasteiger partial charge in [-0.1, -0.05) is 13.8 Å². The Morgan fingerprint density at radius 3 is 1.88 bits per heavy atom. The highest BCUT2D eigenvalue weighted by molar-refractivity contribution is 7.98. The number of hydrogen-bond donors (Lipinski definition) is 7.